The number of aromatic nitrogens is 6. The third kappa shape index (κ3) is 2.72. The number of nitrogens with two attached hydrogens (primary N) is 1. The van der Waals surface area contributed by atoms with Crippen LogP contribution in [0.1, 0.15) is 5.82 Å². The van der Waals surface area contributed by atoms with Crippen molar-refractivity contribution in [1.82, 2.24) is 29.9 Å². The zero-order chi connectivity index (χ0) is 15.0. The van der Waals surface area contributed by atoms with Gasteiger partial charge in [-0.1, -0.05) is 0 Å². The molecular weight excluding hydrogens is 307 g/mol. The summed E-state index contributed by atoms with van der Waals surface area (Å²) in [7, 11) is 0. The summed E-state index contributed by atoms with van der Waals surface area (Å²) >= 11 is 0.913. The van der Waals surface area contributed by atoms with Gasteiger partial charge in [0.1, 0.15) is 27.7 Å². The second-order valence-electron chi connectivity index (χ2n) is 3.83. The second kappa shape index (κ2) is 4.84. The summed E-state index contributed by atoms with van der Waals surface area (Å²) in [5.74, 6) is -1.56. The molecular formula is C10H6F3N7S. The molecule has 0 atom stereocenters. The van der Waals surface area contributed by atoms with Gasteiger partial charge in [0.25, 0.3) is 0 Å². The summed E-state index contributed by atoms with van der Waals surface area (Å²) in [5, 5.41) is 0.424. The van der Waals surface area contributed by atoms with Gasteiger partial charge >= 0.3 is 6.18 Å². The highest BCUT2D eigenvalue weighted by molar-refractivity contribution is 7.99. The molecule has 0 bridgehead atoms. The Balaban J connectivity index is 2.02. The number of anilines is 1. The normalized spacial score (nSPS) is 12.0. The third-order valence-corrected chi connectivity index (χ3v) is 3.29. The first-order valence-corrected chi connectivity index (χ1v) is 6.29. The number of rotatable bonds is 2. The van der Waals surface area contributed by atoms with Crippen LogP contribution >= 0.6 is 11.8 Å². The van der Waals surface area contributed by atoms with Crippen molar-refractivity contribution in [1.29, 1.82) is 0 Å². The number of fused-ring (bicyclic) bond motifs is 1. The van der Waals surface area contributed by atoms with Crippen LogP contribution < -0.4 is 5.73 Å². The molecule has 0 fully saturated rings. The lowest BCUT2D eigenvalue weighted by molar-refractivity contribution is -0.145. The molecule has 7 nitrogen and oxygen atoms in total. The number of nitrogens with one attached hydrogen (secondary N) is 1. The number of nitrogens with zero attached hydrogens (tertiary/aromatic N) is 5. The Kier molecular flexibility index (Phi) is 3.12. The van der Waals surface area contributed by atoms with E-state index in [0.29, 0.717) is 16.2 Å². The minimum absolute atomic E-state index is 0.0319. The molecule has 0 aliphatic heterocycles. The topological polar surface area (TPSA) is 106 Å². The van der Waals surface area contributed by atoms with E-state index in [9.17, 15) is 13.2 Å². The van der Waals surface area contributed by atoms with Crippen molar-refractivity contribution in [3.8, 4) is 0 Å². The number of imidazole rings is 1. The van der Waals surface area contributed by atoms with Crippen LogP contribution in [0.5, 0.6) is 0 Å². The van der Waals surface area contributed by atoms with Crippen LogP contribution in [0.3, 0.4) is 0 Å². The highest BCUT2D eigenvalue weighted by Crippen LogP contribution is 2.32. The number of nitrogen functional groups attached to an aromatic ring is 1. The Hall–Kier alpha value is -2.43. The van der Waals surface area contributed by atoms with Gasteiger partial charge in [-0.25, -0.2) is 24.9 Å². The fourth-order valence-corrected chi connectivity index (χ4v) is 2.40. The molecule has 3 rings (SSSR count). The van der Waals surface area contributed by atoms with E-state index in [1.54, 1.807) is 0 Å². The molecule has 0 aromatic carbocycles. The van der Waals surface area contributed by atoms with Crippen LogP contribution in [0.2, 0.25) is 0 Å². The number of halogens is 3. The van der Waals surface area contributed by atoms with E-state index >= 15 is 0 Å². The van der Waals surface area contributed by atoms with Gasteiger partial charge in [0, 0.05) is 6.07 Å². The summed E-state index contributed by atoms with van der Waals surface area (Å²) in [6.07, 6.45) is -1.99. The molecule has 3 N–H and O–H groups in total. The largest absolute Gasteiger partial charge is 0.451 e. The van der Waals surface area contributed by atoms with Crippen molar-refractivity contribution in [3.05, 3.63) is 24.5 Å². The molecule has 3 heterocycles. The van der Waals surface area contributed by atoms with E-state index in [0.717, 1.165) is 11.8 Å². The van der Waals surface area contributed by atoms with Gasteiger partial charge in [0.05, 0.1) is 6.33 Å². The molecule has 11 heteroatoms. The van der Waals surface area contributed by atoms with Crippen molar-refractivity contribution in [2.75, 3.05) is 5.73 Å². The Morgan fingerprint density at radius 3 is 2.71 bits per heavy atom. The van der Waals surface area contributed by atoms with E-state index in [2.05, 4.69) is 29.9 Å². The lowest BCUT2D eigenvalue weighted by Crippen LogP contribution is -2.12. The molecule has 21 heavy (non-hydrogen) atoms. The van der Waals surface area contributed by atoms with Crippen molar-refractivity contribution >= 4 is 28.7 Å². The van der Waals surface area contributed by atoms with Gasteiger partial charge < -0.3 is 10.7 Å². The maximum atomic E-state index is 12.7. The molecule has 3 aromatic rings. The van der Waals surface area contributed by atoms with Crippen LogP contribution in [0, 0.1) is 0 Å². The summed E-state index contributed by atoms with van der Waals surface area (Å²) in [6, 6.07) is 1.24. The number of aromatic amines is 1. The Bertz CT molecular complexity index is 801. The number of hydrogen-bond acceptors (Lipinski definition) is 7. The van der Waals surface area contributed by atoms with Gasteiger partial charge in [0.15, 0.2) is 5.65 Å². The average Bonchev–Trinajstić information content (AvgIpc) is 2.86. The maximum absolute atomic E-state index is 12.7. The Labute approximate surface area is 119 Å². The van der Waals surface area contributed by atoms with Crippen LogP contribution in [0.4, 0.5) is 19.0 Å². The molecule has 0 aliphatic carbocycles. The fraction of sp³-hybridized carbons (Fsp3) is 0.100. The smallest absolute Gasteiger partial charge is 0.384 e. The van der Waals surface area contributed by atoms with Crippen molar-refractivity contribution in [3.63, 3.8) is 0 Å². The fourth-order valence-electron chi connectivity index (χ4n) is 1.54. The van der Waals surface area contributed by atoms with Crippen LogP contribution in [-0.2, 0) is 6.18 Å². The highest BCUT2D eigenvalue weighted by atomic mass is 32.2. The van der Waals surface area contributed by atoms with Gasteiger partial charge in [-0.2, -0.15) is 13.2 Å². The van der Waals surface area contributed by atoms with E-state index in [4.69, 9.17) is 5.73 Å². The predicted octanol–water partition coefficient (Wildman–Crippen LogP) is 1.90. The lowest BCUT2D eigenvalue weighted by Gasteiger charge is -2.07. The standard InChI is InChI=1S/C10H6F3N7S/c11-10(12,13)9-19-4(14)1-5(20-9)21-8-6-7(16-2-15-6)17-3-18-8/h1-3H,(H2,14,19,20)(H,15,16,17,18). The summed E-state index contributed by atoms with van der Waals surface area (Å²) in [6.45, 7) is 0. The number of hydrogen-bond donors (Lipinski definition) is 2. The van der Waals surface area contributed by atoms with Crippen LogP contribution in [-0.4, -0.2) is 29.9 Å². The summed E-state index contributed by atoms with van der Waals surface area (Å²) in [4.78, 5) is 21.3. The molecule has 0 saturated carbocycles. The summed E-state index contributed by atoms with van der Waals surface area (Å²) < 4.78 is 38.0. The van der Waals surface area contributed by atoms with Crippen LogP contribution in [0.15, 0.2) is 28.8 Å². The maximum Gasteiger partial charge on any atom is 0.451 e. The monoisotopic (exact) mass is 313 g/mol. The van der Waals surface area contributed by atoms with Crippen molar-refractivity contribution in [2.24, 2.45) is 0 Å². The first kappa shape index (κ1) is 13.5. The molecule has 0 radical (unpaired) electrons. The molecule has 0 amide bonds. The van der Waals surface area contributed by atoms with E-state index in [-0.39, 0.29) is 10.8 Å². The zero-order valence-corrected chi connectivity index (χ0v) is 10.9. The Morgan fingerprint density at radius 2 is 1.95 bits per heavy atom. The number of H-pyrrole nitrogens is 1. The van der Waals surface area contributed by atoms with E-state index in [1.165, 1.54) is 18.7 Å². The third-order valence-electron chi connectivity index (χ3n) is 2.37. The molecule has 108 valence electrons. The number of alkyl halides is 3. The van der Waals surface area contributed by atoms with E-state index < -0.39 is 12.0 Å². The van der Waals surface area contributed by atoms with Gasteiger partial charge in [-0.15, -0.1) is 0 Å². The average molecular weight is 313 g/mol. The minimum atomic E-state index is -4.67. The SMILES string of the molecule is Nc1cc(Sc2ncnc3nc[nH]c23)nc(C(F)(F)F)n1. The molecule has 3 aromatic heterocycles. The summed E-state index contributed by atoms with van der Waals surface area (Å²) in [5.41, 5.74) is 6.30. The van der Waals surface area contributed by atoms with Crippen molar-refractivity contribution < 1.29 is 13.2 Å². The first-order valence-electron chi connectivity index (χ1n) is 5.47. The van der Waals surface area contributed by atoms with Gasteiger partial charge in [0.2, 0.25) is 5.82 Å². The molecule has 0 unspecified atom stereocenters. The van der Waals surface area contributed by atoms with Gasteiger partial charge in [-0.05, 0) is 11.8 Å². The molecule has 0 saturated heterocycles. The van der Waals surface area contributed by atoms with E-state index in [1.807, 2.05) is 0 Å². The molecule has 0 aliphatic rings. The predicted molar refractivity (Wildman–Crippen MR) is 67.3 cm³/mol. The van der Waals surface area contributed by atoms with Crippen LogP contribution in [0.25, 0.3) is 11.2 Å². The second-order valence-corrected chi connectivity index (χ2v) is 4.84. The molecule has 0 spiro atoms. The van der Waals surface area contributed by atoms with Crippen molar-refractivity contribution in [2.45, 2.75) is 16.2 Å². The van der Waals surface area contributed by atoms with Gasteiger partial charge in [-0.3, -0.25) is 0 Å². The highest BCUT2D eigenvalue weighted by Gasteiger charge is 2.35. The lowest BCUT2D eigenvalue weighted by atomic mass is 10.5. The minimum Gasteiger partial charge on any atom is -0.384 e. The Morgan fingerprint density at radius 1 is 1.14 bits per heavy atom. The quantitative estimate of drug-likeness (QED) is 0.696. The zero-order valence-electron chi connectivity index (χ0n) is 10.1. The first-order chi connectivity index (χ1) is 9.93.